The van der Waals surface area contributed by atoms with Crippen molar-refractivity contribution in [2.24, 2.45) is 0 Å². The Morgan fingerprint density at radius 3 is 2.33 bits per heavy atom. The van der Waals surface area contributed by atoms with Crippen molar-refractivity contribution in [2.75, 3.05) is 45.2 Å². The molecule has 0 aromatic heterocycles. The molecule has 0 unspecified atom stereocenters. The highest BCUT2D eigenvalue weighted by Gasteiger charge is 2.09. The predicted octanol–water partition coefficient (Wildman–Crippen LogP) is 1.82. The molecule has 0 saturated carbocycles. The molecule has 0 amide bonds. The lowest BCUT2D eigenvalue weighted by Crippen LogP contribution is -2.38. The van der Waals surface area contributed by atoms with Gasteiger partial charge in [-0.15, -0.1) is 24.8 Å². The summed E-state index contributed by atoms with van der Waals surface area (Å²) in [6.07, 6.45) is 0. The van der Waals surface area contributed by atoms with Gasteiger partial charge in [0.25, 0.3) is 0 Å². The Bertz CT molecular complexity index is 316. The first-order valence-corrected chi connectivity index (χ1v) is 5.63. The second-order valence-corrected chi connectivity index (χ2v) is 3.87. The van der Waals surface area contributed by atoms with E-state index in [0.717, 1.165) is 44.3 Å². The number of anilines is 1. The van der Waals surface area contributed by atoms with Crippen molar-refractivity contribution >= 4 is 30.5 Å². The van der Waals surface area contributed by atoms with Gasteiger partial charge in [-0.2, -0.15) is 0 Å². The fourth-order valence-corrected chi connectivity index (χ4v) is 1.68. The third-order valence-corrected chi connectivity index (χ3v) is 2.66. The Morgan fingerprint density at radius 1 is 1.11 bits per heavy atom. The zero-order valence-corrected chi connectivity index (χ0v) is 11.8. The molecule has 1 aromatic carbocycles. The van der Waals surface area contributed by atoms with Crippen LogP contribution in [-0.2, 0) is 4.74 Å². The first-order chi connectivity index (χ1) is 7.84. The molecule has 0 aliphatic carbocycles. The minimum atomic E-state index is 0. The van der Waals surface area contributed by atoms with Crippen LogP contribution in [0.2, 0.25) is 0 Å². The summed E-state index contributed by atoms with van der Waals surface area (Å²) in [6, 6.07) is 7.50. The summed E-state index contributed by atoms with van der Waals surface area (Å²) in [4.78, 5) is 2.35. The standard InChI is InChI=1S/C12H18N2O2.2ClH/c13-11-1-3-12(4-2-11)16-10-7-14-5-8-15-9-6-14;;/h1-4H,5-10,13H2;2*1H. The Balaban J connectivity index is 0.00000144. The molecule has 1 heterocycles. The van der Waals surface area contributed by atoms with E-state index in [4.69, 9.17) is 15.2 Å². The molecule has 6 heteroatoms. The maximum Gasteiger partial charge on any atom is 0.119 e. The molecule has 104 valence electrons. The SMILES string of the molecule is Cl.Cl.Nc1ccc(OCCN2CCOCC2)cc1. The number of ether oxygens (including phenoxy) is 2. The third kappa shape index (κ3) is 5.78. The van der Waals surface area contributed by atoms with Gasteiger partial charge in [-0.3, -0.25) is 4.90 Å². The minimum Gasteiger partial charge on any atom is -0.492 e. The summed E-state index contributed by atoms with van der Waals surface area (Å²) in [5.74, 6) is 0.877. The van der Waals surface area contributed by atoms with E-state index in [1.165, 1.54) is 0 Å². The molecule has 0 radical (unpaired) electrons. The number of hydrogen-bond donors (Lipinski definition) is 1. The van der Waals surface area contributed by atoms with Gasteiger partial charge in [0.15, 0.2) is 0 Å². The van der Waals surface area contributed by atoms with Crippen LogP contribution in [0.5, 0.6) is 5.75 Å². The highest BCUT2D eigenvalue weighted by Crippen LogP contribution is 2.12. The number of morpholine rings is 1. The third-order valence-electron chi connectivity index (χ3n) is 2.66. The van der Waals surface area contributed by atoms with Gasteiger partial charge in [0.2, 0.25) is 0 Å². The van der Waals surface area contributed by atoms with Crippen molar-refractivity contribution < 1.29 is 9.47 Å². The normalized spacial score (nSPS) is 15.3. The van der Waals surface area contributed by atoms with Crippen LogP contribution < -0.4 is 10.5 Å². The van der Waals surface area contributed by atoms with Gasteiger partial charge >= 0.3 is 0 Å². The van der Waals surface area contributed by atoms with Crippen molar-refractivity contribution in [3.63, 3.8) is 0 Å². The van der Waals surface area contributed by atoms with Gasteiger partial charge in [0, 0.05) is 25.3 Å². The van der Waals surface area contributed by atoms with Crippen LogP contribution in [0, 0.1) is 0 Å². The van der Waals surface area contributed by atoms with E-state index in [1.54, 1.807) is 0 Å². The molecular weight excluding hydrogens is 275 g/mol. The van der Waals surface area contributed by atoms with E-state index >= 15 is 0 Å². The van der Waals surface area contributed by atoms with Crippen LogP contribution in [0.1, 0.15) is 0 Å². The lowest BCUT2D eigenvalue weighted by molar-refractivity contribution is 0.0322. The number of nitrogens with two attached hydrogens (primary N) is 1. The number of hydrogen-bond acceptors (Lipinski definition) is 4. The van der Waals surface area contributed by atoms with E-state index in [2.05, 4.69) is 4.90 Å². The molecule has 0 spiro atoms. The van der Waals surface area contributed by atoms with Crippen molar-refractivity contribution in [2.45, 2.75) is 0 Å². The van der Waals surface area contributed by atoms with E-state index in [0.29, 0.717) is 6.61 Å². The van der Waals surface area contributed by atoms with Gasteiger partial charge in [-0.25, -0.2) is 0 Å². The lowest BCUT2D eigenvalue weighted by Gasteiger charge is -2.26. The molecule has 1 aliphatic heterocycles. The molecule has 0 atom stereocenters. The Morgan fingerprint density at radius 2 is 1.72 bits per heavy atom. The maximum atomic E-state index is 5.63. The van der Waals surface area contributed by atoms with E-state index < -0.39 is 0 Å². The molecular formula is C12H20Cl2N2O2. The van der Waals surface area contributed by atoms with Crippen LogP contribution in [0.4, 0.5) is 5.69 Å². The van der Waals surface area contributed by atoms with E-state index in [-0.39, 0.29) is 24.8 Å². The first kappa shape index (κ1) is 17.3. The summed E-state index contributed by atoms with van der Waals surface area (Å²) < 4.78 is 10.9. The predicted molar refractivity (Wildman–Crippen MR) is 78.1 cm³/mol. The van der Waals surface area contributed by atoms with Crippen molar-refractivity contribution in [3.05, 3.63) is 24.3 Å². The van der Waals surface area contributed by atoms with Crippen LogP contribution in [0.25, 0.3) is 0 Å². The number of nitrogens with zero attached hydrogens (tertiary/aromatic N) is 1. The van der Waals surface area contributed by atoms with Gasteiger partial charge < -0.3 is 15.2 Å². The molecule has 1 aromatic rings. The number of rotatable bonds is 4. The van der Waals surface area contributed by atoms with Crippen molar-refractivity contribution in [3.8, 4) is 5.75 Å². The first-order valence-electron chi connectivity index (χ1n) is 5.63. The fourth-order valence-electron chi connectivity index (χ4n) is 1.68. The minimum absolute atomic E-state index is 0. The average Bonchev–Trinajstić information content (AvgIpc) is 2.33. The second kappa shape index (κ2) is 9.28. The van der Waals surface area contributed by atoms with E-state index in [1.807, 2.05) is 24.3 Å². The van der Waals surface area contributed by atoms with Crippen LogP contribution in [-0.4, -0.2) is 44.4 Å². The lowest BCUT2D eigenvalue weighted by atomic mass is 10.3. The molecule has 2 N–H and O–H groups in total. The van der Waals surface area contributed by atoms with Gasteiger partial charge in [0.05, 0.1) is 13.2 Å². The van der Waals surface area contributed by atoms with Gasteiger partial charge in [0.1, 0.15) is 12.4 Å². The zero-order valence-electron chi connectivity index (χ0n) is 10.2. The summed E-state index contributed by atoms with van der Waals surface area (Å²) in [5, 5.41) is 0. The topological polar surface area (TPSA) is 47.7 Å². The summed E-state index contributed by atoms with van der Waals surface area (Å²) in [6.45, 7) is 5.34. The Kier molecular flexibility index (Phi) is 8.93. The molecule has 18 heavy (non-hydrogen) atoms. The molecule has 4 nitrogen and oxygen atoms in total. The largest absolute Gasteiger partial charge is 0.492 e. The van der Waals surface area contributed by atoms with Crippen LogP contribution in [0.15, 0.2) is 24.3 Å². The van der Waals surface area contributed by atoms with Crippen molar-refractivity contribution in [1.82, 2.24) is 4.90 Å². The number of nitrogen functional groups attached to an aromatic ring is 1. The smallest absolute Gasteiger partial charge is 0.119 e. The highest BCUT2D eigenvalue weighted by atomic mass is 35.5. The monoisotopic (exact) mass is 294 g/mol. The van der Waals surface area contributed by atoms with Crippen LogP contribution in [0.3, 0.4) is 0 Å². The zero-order chi connectivity index (χ0) is 11.2. The molecule has 1 aliphatic rings. The van der Waals surface area contributed by atoms with Gasteiger partial charge in [-0.1, -0.05) is 0 Å². The Labute approximate surface area is 120 Å². The summed E-state index contributed by atoms with van der Waals surface area (Å²) in [5.41, 5.74) is 6.36. The highest BCUT2D eigenvalue weighted by molar-refractivity contribution is 5.85. The molecule has 2 rings (SSSR count). The summed E-state index contributed by atoms with van der Waals surface area (Å²) >= 11 is 0. The van der Waals surface area contributed by atoms with Crippen LogP contribution >= 0.6 is 24.8 Å². The fraction of sp³-hybridized carbons (Fsp3) is 0.500. The van der Waals surface area contributed by atoms with Crippen molar-refractivity contribution in [1.29, 1.82) is 0 Å². The molecule has 1 fully saturated rings. The summed E-state index contributed by atoms with van der Waals surface area (Å²) in [7, 11) is 0. The Hall–Kier alpha value is -0.680. The van der Waals surface area contributed by atoms with Gasteiger partial charge in [-0.05, 0) is 24.3 Å². The number of benzene rings is 1. The maximum absolute atomic E-state index is 5.63. The number of halogens is 2. The molecule has 0 bridgehead atoms. The quantitative estimate of drug-likeness (QED) is 0.861. The second-order valence-electron chi connectivity index (χ2n) is 3.87. The molecule has 1 saturated heterocycles. The van der Waals surface area contributed by atoms with E-state index in [9.17, 15) is 0 Å². The average molecular weight is 295 g/mol.